The Morgan fingerprint density at radius 1 is 1.06 bits per heavy atom. The molecule has 8 nitrogen and oxygen atoms in total. The van der Waals surface area contributed by atoms with Crippen LogP contribution < -0.4 is 27.2 Å². The molecule has 0 spiro atoms. The topological polar surface area (TPSA) is 109 Å². The van der Waals surface area contributed by atoms with Crippen molar-refractivity contribution in [2.45, 2.75) is 6.29 Å². The third kappa shape index (κ3) is 5.66. The van der Waals surface area contributed by atoms with E-state index in [1.807, 2.05) is 6.07 Å². The lowest BCUT2D eigenvalue weighted by molar-refractivity contribution is 0.504. The SMILES string of the molecule is Nc1ccc(NCCNC2N=CC(n3cc(Cl)ccc3=O)=C(c3ccc(Cl)cc3Cl)N2)nc1. The van der Waals surface area contributed by atoms with Gasteiger partial charge in [-0.25, -0.2) is 4.98 Å². The maximum atomic E-state index is 12.5. The lowest BCUT2D eigenvalue weighted by Crippen LogP contribution is -2.44. The predicted molar refractivity (Wildman–Crippen MR) is 136 cm³/mol. The third-order valence-corrected chi connectivity index (χ3v) is 5.54. The Kier molecular flexibility index (Phi) is 7.20. The second kappa shape index (κ2) is 10.3. The van der Waals surface area contributed by atoms with Crippen LogP contribution in [0, 0.1) is 0 Å². The fraction of sp³-hybridized carbons (Fsp3) is 0.136. The number of allylic oxidation sites excluding steroid dienone is 1. The average Bonchev–Trinajstić information content (AvgIpc) is 2.80. The van der Waals surface area contributed by atoms with Gasteiger partial charge in [-0.15, -0.1) is 0 Å². The van der Waals surface area contributed by atoms with Gasteiger partial charge in [-0.1, -0.05) is 34.8 Å². The van der Waals surface area contributed by atoms with Crippen LogP contribution in [0.5, 0.6) is 0 Å². The van der Waals surface area contributed by atoms with Gasteiger partial charge in [-0.3, -0.25) is 19.7 Å². The smallest absolute Gasteiger partial charge is 0.255 e. The molecule has 0 saturated carbocycles. The Hall–Kier alpha value is -3.04. The van der Waals surface area contributed by atoms with Gasteiger partial charge in [0, 0.05) is 35.9 Å². The van der Waals surface area contributed by atoms with Gasteiger partial charge in [0.05, 0.1) is 39.5 Å². The molecule has 3 heterocycles. The summed E-state index contributed by atoms with van der Waals surface area (Å²) in [5.74, 6) is 0.724. The van der Waals surface area contributed by atoms with Crippen molar-refractivity contribution >= 4 is 63.9 Å². The molecule has 5 N–H and O–H groups in total. The zero-order chi connectivity index (χ0) is 23.4. The van der Waals surface area contributed by atoms with Gasteiger partial charge in [0.1, 0.15) is 5.82 Å². The van der Waals surface area contributed by atoms with Crippen molar-refractivity contribution < 1.29 is 0 Å². The largest absolute Gasteiger partial charge is 0.397 e. The maximum Gasteiger partial charge on any atom is 0.255 e. The molecule has 170 valence electrons. The monoisotopic (exact) mass is 503 g/mol. The molecule has 0 bridgehead atoms. The Labute approximate surface area is 205 Å². The summed E-state index contributed by atoms with van der Waals surface area (Å²) in [6, 6.07) is 11.7. The number of nitrogen functional groups attached to an aromatic ring is 1. The Balaban J connectivity index is 1.54. The normalized spacial score (nSPS) is 15.4. The van der Waals surface area contributed by atoms with Crippen molar-refractivity contribution in [1.82, 2.24) is 20.2 Å². The first-order valence-electron chi connectivity index (χ1n) is 9.97. The van der Waals surface area contributed by atoms with Crippen LogP contribution in [0.2, 0.25) is 15.1 Å². The van der Waals surface area contributed by atoms with Gasteiger partial charge >= 0.3 is 0 Å². The van der Waals surface area contributed by atoms with E-state index in [-0.39, 0.29) is 5.56 Å². The van der Waals surface area contributed by atoms with Gasteiger partial charge in [-0.05, 0) is 36.4 Å². The minimum atomic E-state index is -0.452. The second-order valence-corrected chi connectivity index (χ2v) is 8.40. The van der Waals surface area contributed by atoms with Crippen LogP contribution in [-0.4, -0.2) is 35.1 Å². The number of hydrogen-bond acceptors (Lipinski definition) is 7. The molecule has 4 rings (SSSR count). The second-order valence-electron chi connectivity index (χ2n) is 7.12. The van der Waals surface area contributed by atoms with E-state index in [1.54, 1.807) is 36.7 Å². The van der Waals surface area contributed by atoms with Gasteiger partial charge in [0.25, 0.3) is 5.56 Å². The molecular formula is C22H20Cl3N7O. The van der Waals surface area contributed by atoms with Crippen LogP contribution >= 0.6 is 34.8 Å². The van der Waals surface area contributed by atoms with Gasteiger partial charge in [-0.2, -0.15) is 0 Å². The number of rotatable bonds is 7. The summed E-state index contributed by atoms with van der Waals surface area (Å²) in [4.78, 5) is 21.2. The molecule has 33 heavy (non-hydrogen) atoms. The standard InChI is InChI=1S/C22H20Cl3N7O/c23-13-1-4-16(17(25)9-13)21-18(32-12-14(24)2-6-20(32)33)11-30-22(31-21)28-8-7-27-19-5-3-15(26)10-29-19/h1-6,9-12,22,28,31H,7-8,26H2,(H,27,29). The van der Waals surface area contributed by atoms with Crippen LogP contribution in [0.3, 0.4) is 0 Å². The van der Waals surface area contributed by atoms with E-state index in [9.17, 15) is 4.79 Å². The quantitative estimate of drug-likeness (QED) is 0.365. The number of anilines is 2. The summed E-state index contributed by atoms with van der Waals surface area (Å²) in [6.45, 7) is 1.18. The lowest BCUT2D eigenvalue weighted by Gasteiger charge is -2.27. The van der Waals surface area contributed by atoms with Crippen molar-refractivity contribution in [2.75, 3.05) is 24.1 Å². The van der Waals surface area contributed by atoms with E-state index < -0.39 is 6.29 Å². The van der Waals surface area contributed by atoms with Crippen molar-refractivity contribution in [3.8, 4) is 0 Å². The highest BCUT2D eigenvalue weighted by Gasteiger charge is 2.21. The first-order valence-corrected chi connectivity index (χ1v) is 11.1. The molecule has 2 aromatic heterocycles. The fourth-order valence-electron chi connectivity index (χ4n) is 3.21. The molecule has 1 aromatic carbocycles. The van der Waals surface area contributed by atoms with Gasteiger partial charge in [0.2, 0.25) is 0 Å². The molecule has 0 saturated heterocycles. The van der Waals surface area contributed by atoms with E-state index in [1.165, 1.54) is 22.9 Å². The number of benzene rings is 1. The van der Waals surface area contributed by atoms with Crippen LogP contribution in [-0.2, 0) is 0 Å². The van der Waals surface area contributed by atoms with Gasteiger partial charge < -0.3 is 16.4 Å². The highest BCUT2D eigenvalue weighted by molar-refractivity contribution is 6.36. The molecule has 0 fully saturated rings. The summed E-state index contributed by atoms with van der Waals surface area (Å²) in [5, 5.41) is 11.2. The molecular weight excluding hydrogens is 485 g/mol. The van der Waals surface area contributed by atoms with Crippen molar-refractivity contribution in [1.29, 1.82) is 0 Å². The summed E-state index contributed by atoms with van der Waals surface area (Å²) >= 11 is 18.7. The molecule has 1 atom stereocenters. The van der Waals surface area contributed by atoms with E-state index in [0.29, 0.717) is 50.8 Å². The minimum absolute atomic E-state index is 0.253. The van der Waals surface area contributed by atoms with E-state index in [4.69, 9.17) is 40.5 Å². The molecule has 1 aliphatic rings. The molecule has 0 radical (unpaired) electrons. The van der Waals surface area contributed by atoms with Crippen molar-refractivity contribution in [3.63, 3.8) is 0 Å². The van der Waals surface area contributed by atoms with E-state index in [2.05, 4.69) is 25.9 Å². The lowest BCUT2D eigenvalue weighted by atomic mass is 10.1. The number of pyridine rings is 2. The highest BCUT2D eigenvalue weighted by atomic mass is 35.5. The van der Waals surface area contributed by atoms with E-state index >= 15 is 0 Å². The summed E-state index contributed by atoms with van der Waals surface area (Å²) in [6.07, 6.45) is 4.29. The molecule has 1 unspecified atom stereocenters. The number of nitrogens with two attached hydrogens (primary N) is 1. The van der Waals surface area contributed by atoms with Crippen LogP contribution in [0.4, 0.5) is 11.5 Å². The predicted octanol–water partition coefficient (Wildman–Crippen LogP) is 3.77. The van der Waals surface area contributed by atoms with Crippen molar-refractivity contribution in [3.05, 3.63) is 85.8 Å². The Bertz CT molecular complexity index is 1270. The molecule has 1 aliphatic heterocycles. The van der Waals surface area contributed by atoms with E-state index in [0.717, 1.165) is 5.82 Å². The number of nitrogens with zero attached hydrogens (tertiary/aromatic N) is 3. The fourth-order valence-corrected chi connectivity index (χ4v) is 3.87. The number of aromatic nitrogens is 2. The molecule has 11 heteroatoms. The summed E-state index contributed by atoms with van der Waals surface area (Å²) in [7, 11) is 0. The van der Waals surface area contributed by atoms with Crippen LogP contribution in [0.15, 0.2) is 64.6 Å². The zero-order valence-corrected chi connectivity index (χ0v) is 19.5. The first-order chi connectivity index (χ1) is 15.9. The van der Waals surface area contributed by atoms with Gasteiger partial charge in [0.15, 0.2) is 6.29 Å². The highest BCUT2D eigenvalue weighted by Crippen LogP contribution is 2.30. The number of hydrogen-bond donors (Lipinski definition) is 4. The third-order valence-electron chi connectivity index (χ3n) is 4.77. The summed E-state index contributed by atoms with van der Waals surface area (Å²) in [5.41, 5.74) is 7.80. The number of aliphatic imine (C=N–C) groups is 1. The van der Waals surface area contributed by atoms with Crippen molar-refractivity contribution in [2.24, 2.45) is 4.99 Å². The minimum Gasteiger partial charge on any atom is -0.397 e. The Morgan fingerprint density at radius 2 is 1.88 bits per heavy atom. The number of halogens is 3. The molecule has 3 aromatic rings. The first kappa shape index (κ1) is 23.1. The maximum absolute atomic E-state index is 12.5. The number of nitrogens with one attached hydrogen (secondary N) is 3. The molecule has 0 aliphatic carbocycles. The zero-order valence-electron chi connectivity index (χ0n) is 17.2. The molecule has 0 amide bonds. The average molecular weight is 505 g/mol. The summed E-state index contributed by atoms with van der Waals surface area (Å²) < 4.78 is 1.42. The van der Waals surface area contributed by atoms with Crippen LogP contribution in [0.1, 0.15) is 5.56 Å². The van der Waals surface area contributed by atoms with Crippen LogP contribution in [0.25, 0.3) is 11.4 Å². The Morgan fingerprint density at radius 3 is 2.64 bits per heavy atom.